The fraction of sp³-hybridized carbons (Fsp3) is 0.360. The van der Waals surface area contributed by atoms with Gasteiger partial charge in [0.25, 0.3) is 17.7 Å². The molecule has 0 radical (unpaired) electrons. The molecule has 2 aliphatic rings. The minimum Gasteiger partial charge on any atom is -0.292 e. The van der Waals surface area contributed by atoms with Crippen LogP contribution in [0.3, 0.4) is 0 Å². The second-order valence-electron chi connectivity index (χ2n) is 8.70. The molecule has 6 nitrogen and oxygen atoms in total. The molecule has 1 saturated carbocycles. The Morgan fingerprint density at radius 3 is 2.06 bits per heavy atom. The number of benzene rings is 2. The summed E-state index contributed by atoms with van der Waals surface area (Å²) in [5.41, 5.74) is 2.50. The lowest BCUT2D eigenvalue weighted by molar-refractivity contribution is -0.154. The van der Waals surface area contributed by atoms with Gasteiger partial charge in [0, 0.05) is 11.1 Å². The first-order valence-electron chi connectivity index (χ1n) is 10.9. The second kappa shape index (κ2) is 9.27. The highest BCUT2D eigenvalue weighted by molar-refractivity contribution is 6.42. The summed E-state index contributed by atoms with van der Waals surface area (Å²) in [4.78, 5) is 53.1. The van der Waals surface area contributed by atoms with E-state index in [9.17, 15) is 19.2 Å². The van der Waals surface area contributed by atoms with Crippen LogP contribution in [0.15, 0.2) is 36.4 Å². The molecule has 1 aliphatic carbocycles. The molecule has 3 amide bonds. The monoisotopic (exact) mass is 486 g/mol. The number of ketones is 1. The summed E-state index contributed by atoms with van der Waals surface area (Å²) in [5.74, 6) is -2.79. The predicted molar refractivity (Wildman–Crippen MR) is 125 cm³/mol. The van der Waals surface area contributed by atoms with Crippen molar-refractivity contribution in [1.29, 1.82) is 0 Å². The van der Waals surface area contributed by atoms with E-state index in [2.05, 4.69) is 0 Å². The van der Waals surface area contributed by atoms with E-state index in [1.807, 2.05) is 19.9 Å². The highest BCUT2D eigenvalue weighted by Gasteiger charge is 2.51. The van der Waals surface area contributed by atoms with Gasteiger partial charge in [-0.1, -0.05) is 48.2 Å². The molecule has 2 fully saturated rings. The number of fused-ring (bicyclic) bond motifs is 1. The number of amides is 3. The summed E-state index contributed by atoms with van der Waals surface area (Å²) in [5, 5.41) is 2.30. The number of carbonyl (C=O) groups is 4. The normalized spacial score (nSPS) is 20.1. The van der Waals surface area contributed by atoms with Gasteiger partial charge in [-0.15, -0.1) is 0 Å². The average Bonchev–Trinajstić information content (AvgIpc) is 3.05. The van der Waals surface area contributed by atoms with Gasteiger partial charge in [-0.05, 0) is 62.1 Å². The summed E-state index contributed by atoms with van der Waals surface area (Å²) in [6.45, 7) is 3.38. The van der Waals surface area contributed by atoms with E-state index in [1.54, 1.807) is 12.1 Å². The maximum absolute atomic E-state index is 13.5. The van der Waals surface area contributed by atoms with Gasteiger partial charge < -0.3 is 0 Å². The van der Waals surface area contributed by atoms with Crippen molar-refractivity contribution < 1.29 is 19.2 Å². The van der Waals surface area contributed by atoms with Crippen LogP contribution in [0.1, 0.15) is 57.5 Å². The lowest BCUT2D eigenvalue weighted by Gasteiger charge is -2.30. The van der Waals surface area contributed by atoms with E-state index in [1.165, 1.54) is 18.2 Å². The molecule has 2 atom stereocenters. The highest BCUT2D eigenvalue weighted by Crippen LogP contribution is 2.39. The molecule has 8 heteroatoms. The van der Waals surface area contributed by atoms with Crippen LogP contribution >= 0.6 is 23.2 Å². The number of nitrogens with zero attached hydrogens (tertiary/aromatic N) is 2. The molecule has 4 rings (SSSR count). The molecule has 0 unspecified atom stereocenters. The van der Waals surface area contributed by atoms with Crippen molar-refractivity contribution in [3.8, 4) is 0 Å². The number of hydrazine groups is 1. The Balaban J connectivity index is 1.71. The average molecular weight is 487 g/mol. The molecule has 2 aromatic carbocycles. The Labute approximate surface area is 202 Å². The molecule has 0 N–H and O–H groups in total. The van der Waals surface area contributed by atoms with Crippen LogP contribution in [-0.4, -0.2) is 40.1 Å². The standard InChI is InChI=1S/C25H24Cl2N2O4/c1-14-7-8-16(11-15(14)2)22(30)13-28(23(31)17-9-10-20(26)21(27)12-17)29-24(32)18-5-3-4-6-19(18)25(29)33/h7-12,18-19H,3-6,13H2,1-2H3/t18-,19-/m1/s1. The molecule has 1 heterocycles. The van der Waals surface area contributed by atoms with Crippen LogP contribution in [0, 0.1) is 25.7 Å². The Hall–Kier alpha value is -2.70. The molecule has 172 valence electrons. The van der Waals surface area contributed by atoms with Crippen LogP contribution in [0.4, 0.5) is 0 Å². The van der Waals surface area contributed by atoms with Crippen LogP contribution < -0.4 is 0 Å². The number of aryl methyl sites for hydroxylation is 2. The van der Waals surface area contributed by atoms with Gasteiger partial charge in [0.15, 0.2) is 5.78 Å². The van der Waals surface area contributed by atoms with Crippen LogP contribution in [0.25, 0.3) is 0 Å². The van der Waals surface area contributed by atoms with Gasteiger partial charge >= 0.3 is 0 Å². The quantitative estimate of drug-likeness (QED) is 0.438. The molecule has 33 heavy (non-hydrogen) atoms. The van der Waals surface area contributed by atoms with Gasteiger partial charge in [0.05, 0.1) is 21.9 Å². The van der Waals surface area contributed by atoms with Crippen LogP contribution in [0.5, 0.6) is 0 Å². The number of Topliss-reactive ketones (excluding diaryl/α,β-unsaturated/α-hetero) is 1. The zero-order valence-electron chi connectivity index (χ0n) is 18.4. The lowest BCUT2D eigenvalue weighted by atomic mass is 9.81. The Morgan fingerprint density at radius 2 is 1.48 bits per heavy atom. The minimum absolute atomic E-state index is 0.132. The molecule has 0 bridgehead atoms. The van der Waals surface area contributed by atoms with Gasteiger partial charge in [-0.25, -0.2) is 5.01 Å². The first kappa shape index (κ1) is 23.5. The van der Waals surface area contributed by atoms with E-state index in [0.29, 0.717) is 18.4 Å². The first-order chi connectivity index (χ1) is 15.7. The van der Waals surface area contributed by atoms with Crippen molar-refractivity contribution in [2.45, 2.75) is 39.5 Å². The summed E-state index contributed by atoms with van der Waals surface area (Å²) in [6, 6.07) is 9.55. The Morgan fingerprint density at radius 1 is 0.879 bits per heavy atom. The van der Waals surface area contributed by atoms with Crippen molar-refractivity contribution in [3.63, 3.8) is 0 Å². The Kier molecular flexibility index (Phi) is 6.59. The number of carbonyl (C=O) groups excluding carboxylic acids is 4. The predicted octanol–water partition coefficient (Wildman–Crippen LogP) is 5.03. The van der Waals surface area contributed by atoms with Gasteiger partial charge in [-0.2, -0.15) is 5.01 Å². The van der Waals surface area contributed by atoms with Gasteiger partial charge in [0.1, 0.15) is 6.54 Å². The lowest BCUT2D eigenvalue weighted by Crippen LogP contribution is -2.52. The third-order valence-corrected chi connectivity index (χ3v) is 7.32. The number of rotatable bonds is 5. The third kappa shape index (κ3) is 4.42. The van der Waals surface area contributed by atoms with Gasteiger partial charge in [-0.3, -0.25) is 19.2 Å². The largest absolute Gasteiger partial charge is 0.292 e. The molecule has 0 spiro atoms. The number of hydrogen-bond donors (Lipinski definition) is 0. The fourth-order valence-electron chi connectivity index (χ4n) is 4.54. The molecular formula is C25H24Cl2N2O4. The minimum atomic E-state index is -0.661. The van der Waals surface area contributed by atoms with Gasteiger partial charge in [0.2, 0.25) is 0 Å². The third-order valence-electron chi connectivity index (χ3n) is 6.58. The van der Waals surface area contributed by atoms with Crippen molar-refractivity contribution in [2.75, 3.05) is 6.54 Å². The van der Waals surface area contributed by atoms with Crippen LogP contribution in [0.2, 0.25) is 10.0 Å². The maximum Gasteiger partial charge on any atom is 0.273 e. The van der Waals surface area contributed by atoms with E-state index < -0.39 is 36.1 Å². The molecule has 1 aliphatic heterocycles. The SMILES string of the molecule is Cc1ccc(C(=O)CN(C(=O)c2ccc(Cl)c(Cl)c2)N2C(=O)[C@@H]3CCCC[C@H]3C2=O)cc1C. The number of hydrogen-bond acceptors (Lipinski definition) is 4. The number of imide groups is 1. The van der Waals surface area contributed by atoms with E-state index in [4.69, 9.17) is 23.2 Å². The van der Waals surface area contributed by atoms with Crippen molar-refractivity contribution >= 4 is 46.7 Å². The van der Waals surface area contributed by atoms with Crippen LogP contribution in [-0.2, 0) is 9.59 Å². The summed E-state index contributed by atoms with van der Waals surface area (Å²) >= 11 is 12.1. The first-order valence-corrected chi connectivity index (χ1v) is 11.7. The zero-order chi connectivity index (χ0) is 23.9. The molecule has 1 saturated heterocycles. The van der Waals surface area contributed by atoms with E-state index >= 15 is 0 Å². The number of halogens is 2. The highest BCUT2D eigenvalue weighted by atomic mass is 35.5. The topological polar surface area (TPSA) is 74.8 Å². The summed E-state index contributed by atoms with van der Waals surface area (Å²) < 4.78 is 0. The molecule has 0 aromatic heterocycles. The summed E-state index contributed by atoms with van der Waals surface area (Å²) in [6.07, 6.45) is 2.92. The zero-order valence-corrected chi connectivity index (χ0v) is 19.9. The van der Waals surface area contributed by atoms with Crippen molar-refractivity contribution in [3.05, 3.63) is 68.7 Å². The van der Waals surface area contributed by atoms with Crippen molar-refractivity contribution in [2.24, 2.45) is 11.8 Å². The fourth-order valence-corrected chi connectivity index (χ4v) is 4.83. The summed E-state index contributed by atoms with van der Waals surface area (Å²) in [7, 11) is 0. The van der Waals surface area contributed by atoms with Crippen molar-refractivity contribution in [1.82, 2.24) is 10.0 Å². The molecule has 2 aromatic rings. The van der Waals surface area contributed by atoms with E-state index in [-0.39, 0.29) is 21.4 Å². The Bertz CT molecular complexity index is 1140. The van der Waals surface area contributed by atoms with E-state index in [0.717, 1.165) is 34.0 Å². The second-order valence-corrected chi connectivity index (χ2v) is 9.51. The molecular weight excluding hydrogens is 463 g/mol. The smallest absolute Gasteiger partial charge is 0.273 e. The maximum atomic E-state index is 13.5.